The fourth-order valence-corrected chi connectivity index (χ4v) is 2.62. The first-order valence-electron chi connectivity index (χ1n) is 5.77. The number of hydrogen-bond acceptors (Lipinski definition) is 4. The first-order valence-corrected chi connectivity index (χ1v) is 7.26. The zero-order chi connectivity index (χ0) is 13.9. The molecular weight excluding hydrogens is 264 g/mol. The molecule has 0 spiro atoms. The number of aryl methyl sites for hydroxylation is 1. The van der Waals surface area contributed by atoms with Crippen LogP contribution in [0.2, 0.25) is 0 Å². The number of hydrogen-bond donors (Lipinski definition) is 2. The number of aromatic hydroxyl groups is 1. The topological polar surface area (TPSA) is 79.3 Å². The van der Waals surface area contributed by atoms with Crippen LogP contribution in [0, 0.1) is 0 Å². The molecule has 5 nitrogen and oxygen atoms in total. The second kappa shape index (κ2) is 5.27. The normalized spacial score (nSPS) is 11.2. The Morgan fingerprint density at radius 2 is 2.11 bits per heavy atom. The molecule has 0 amide bonds. The van der Waals surface area contributed by atoms with Gasteiger partial charge in [0, 0.05) is 12.4 Å². The molecule has 19 heavy (non-hydrogen) atoms. The lowest BCUT2D eigenvalue weighted by Crippen LogP contribution is -2.13. The molecule has 1 aromatic carbocycles. The van der Waals surface area contributed by atoms with Crippen LogP contribution in [0.25, 0.3) is 0 Å². The quantitative estimate of drug-likeness (QED) is 0.840. The summed E-state index contributed by atoms with van der Waals surface area (Å²) in [5, 5.41) is 9.70. The Morgan fingerprint density at radius 3 is 2.74 bits per heavy atom. The largest absolute Gasteiger partial charge is 0.506 e. The Kier molecular flexibility index (Phi) is 3.71. The second-order valence-electron chi connectivity index (χ2n) is 4.00. The van der Waals surface area contributed by atoms with Crippen molar-refractivity contribution in [2.24, 2.45) is 0 Å². The van der Waals surface area contributed by atoms with Gasteiger partial charge in [0.2, 0.25) is 0 Å². The van der Waals surface area contributed by atoms with Gasteiger partial charge in [-0.15, -0.1) is 0 Å². The summed E-state index contributed by atoms with van der Waals surface area (Å²) >= 11 is 0. The van der Waals surface area contributed by atoms with Crippen LogP contribution in [0.15, 0.2) is 47.6 Å². The number of phenolic OH excluding ortho intramolecular Hbond substituents is 1. The molecule has 0 bridgehead atoms. The van der Waals surface area contributed by atoms with E-state index in [1.807, 2.05) is 6.92 Å². The fourth-order valence-electron chi connectivity index (χ4n) is 1.59. The van der Waals surface area contributed by atoms with E-state index >= 15 is 0 Å². The van der Waals surface area contributed by atoms with Gasteiger partial charge in [-0.05, 0) is 36.2 Å². The maximum Gasteiger partial charge on any atom is 0.263 e. The number of aromatic nitrogens is 1. The zero-order valence-electron chi connectivity index (χ0n) is 10.4. The molecule has 0 aliphatic carbocycles. The van der Waals surface area contributed by atoms with E-state index in [1.165, 1.54) is 30.6 Å². The third-order valence-corrected chi connectivity index (χ3v) is 4.01. The van der Waals surface area contributed by atoms with Crippen molar-refractivity contribution in [3.63, 3.8) is 0 Å². The standard InChI is InChI=1S/C13H14N2O3S/c1-2-10-5-6-13(16)12(8-10)15-19(17,18)11-4-3-7-14-9-11/h3-9,15-16H,2H2,1H3. The highest BCUT2D eigenvalue weighted by Crippen LogP contribution is 2.26. The zero-order valence-corrected chi connectivity index (χ0v) is 11.2. The molecular formula is C13H14N2O3S. The highest BCUT2D eigenvalue weighted by molar-refractivity contribution is 7.92. The summed E-state index contributed by atoms with van der Waals surface area (Å²) in [7, 11) is -3.73. The molecule has 0 fully saturated rings. The molecule has 1 aromatic heterocycles. The Labute approximate surface area is 112 Å². The van der Waals surface area contributed by atoms with E-state index in [1.54, 1.807) is 12.1 Å². The second-order valence-corrected chi connectivity index (χ2v) is 5.68. The SMILES string of the molecule is CCc1ccc(O)c(NS(=O)(=O)c2cccnc2)c1. The van der Waals surface area contributed by atoms with E-state index < -0.39 is 10.0 Å². The first-order chi connectivity index (χ1) is 9.03. The maximum absolute atomic E-state index is 12.1. The summed E-state index contributed by atoms with van der Waals surface area (Å²) in [6, 6.07) is 7.81. The predicted molar refractivity (Wildman–Crippen MR) is 72.5 cm³/mol. The average Bonchev–Trinajstić information content (AvgIpc) is 2.42. The third-order valence-electron chi connectivity index (χ3n) is 2.66. The molecule has 0 saturated carbocycles. The molecule has 0 unspecified atom stereocenters. The van der Waals surface area contributed by atoms with Gasteiger partial charge in [-0.3, -0.25) is 9.71 Å². The number of pyridine rings is 1. The lowest BCUT2D eigenvalue weighted by atomic mass is 10.1. The van der Waals surface area contributed by atoms with Crippen LogP contribution in [-0.2, 0) is 16.4 Å². The predicted octanol–water partition coefficient (Wildman–Crippen LogP) is 2.15. The van der Waals surface area contributed by atoms with Crippen molar-refractivity contribution in [2.45, 2.75) is 18.2 Å². The van der Waals surface area contributed by atoms with E-state index in [0.717, 1.165) is 12.0 Å². The minimum absolute atomic E-state index is 0.0521. The average molecular weight is 278 g/mol. The lowest BCUT2D eigenvalue weighted by molar-refractivity contribution is 0.477. The van der Waals surface area contributed by atoms with Crippen LogP contribution in [0.3, 0.4) is 0 Å². The third kappa shape index (κ3) is 3.03. The van der Waals surface area contributed by atoms with Crippen molar-refractivity contribution in [1.82, 2.24) is 4.98 Å². The van der Waals surface area contributed by atoms with Crippen LogP contribution in [0.4, 0.5) is 5.69 Å². The molecule has 1 heterocycles. The Morgan fingerprint density at radius 1 is 1.32 bits per heavy atom. The van der Waals surface area contributed by atoms with Gasteiger partial charge in [-0.1, -0.05) is 13.0 Å². The molecule has 2 N–H and O–H groups in total. The summed E-state index contributed by atoms with van der Waals surface area (Å²) in [6.07, 6.45) is 3.50. The van der Waals surface area contributed by atoms with Crippen molar-refractivity contribution >= 4 is 15.7 Å². The van der Waals surface area contributed by atoms with Crippen LogP contribution in [0.5, 0.6) is 5.75 Å². The minimum Gasteiger partial charge on any atom is -0.506 e. The smallest absolute Gasteiger partial charge is 0.263 e. The number of anilines is 1. The Balaban J connectivity index is 2.36. The number of benzene rings is 1. The number of nitrogens with one attached hydrogen (secondary N) is 1. The van der Waals surface area contributed by atoms with Crippen molar-refractivity contribution in [2.75, 3.05) is 4.72 Å². The Hall–Kier alpha value is -2.08. The minimum atomic E-state index is -3.73. The van der Waals surface area contributed by atoms with E-state index in [-0.39, 0.29) is 16.3 Å². The molecule has 0 aliphatic rings. The highest BCUT2D eigenvalue weighted by Gasteiger charge is 2.16. The van der Waals surface area contributed by atoms with Crippen LogP contribution in [0.1, 0.15) is 12.5 Å². The van der Waals surface area contributed by atoms with Gasteiger partial charge < -0.3 is 5.11 Å². The molecule has 0 saturated heterocycles. The van der Waals surface area contributed by atoms with Gasteiger partial charge in [0.05, 0.1) is 5.69 Å². The molecule has 0 radical (unpaired) electrons. The van der Waals surface area contributed by atoms with E-state index in [2.05, 4.69) is 9.71 Å². The van der Waals surface area contributed by atoms with Gasteiger partial charge in [0.15, 0.2) is 0 Å². The fraction of sp³-hybridized carbons (Fsp3) is 0.154. The molecule has 100 valence electrons. The van der Waals surface area contributed by atoms with E-state index in [0.29, 0.717) is 0 Å². The van der Waals surface area contributed by atoms with Gasteiger partial charge in [-0.25, -0.2) is 8.42 Å². The van der Waals surface area contributed by atoms with Crippen molar-refractivity contribution < 1.29 is 13.5 Å². The van der Waals surface area contributed by atoms with Crippen molar-refractivity contribution in [3.8, 4) is 5.75 Å². The van der Waals surface area contributed by atoms with Crippen LogP contribution in [-0.4, -0.2) is 18.5 Å². The molecule has 6 heteroatoms. The van der Waals surface area contributed by atoms with Crippen molar-refractivity contribution in [1.29, 1.82) is 0 Å². The van der Waals surface area contributed by atoms with Gasteiger partial charge in [0.1, 0.15) is 10.6 Å². The van der Waals surface area contributed by atoms with Gasteiger partial charge >= 0.3 is 0 Å². The summed E-state index contributed by atoms with van der Waals surface area (Å²) in [5.74, 6) is -0.107. The van der Waals surface area contributed by atoms with E-state index in [4.69, 9.17) is 0 Å². The molecule has 0 aliphatic heterocycles. The highest BCUT2D eigenvalue weighted by atomic mass is 32.2. The van der Waals surface area contributed by atoms with Crippen molar-refractivity contribution in [3.05, 3.63) is 48.3 Å². The number of phenols is 1. The van der Waals surface area contributed by atoms with Gasteiger partial charge in [0.25, 0.3) is 10.0 Å². The number of rotatable bonds is 4. The van der Waals surface area contributed by atoms with Crippen LogP contribution < -0.4 is 4.72 Å². The lowest BCUT2D eigenvalue weighted by Gasteiger charge is -2.10. The van der Waals surface area contributed by atoms with Crippen LogP contribution >= 0.6 is 0 Å². The van der Waals surface area contributed by atoms with Gasteiger partial charge in [-0.2, -0.15) is 0 Å². The summed E-state index contributed by atoms with van der Waals surface area (Å²) in [4.78, 5) is 3.82. The summed E-state index contributed by atoms with van der Waals surface area (Å²) in [6.45, 7) is 1.95. The summed E-state index contributed by atoms with van der Waals surface area (Å²) in [5.41, 5.74) is 1.10. The molecule has 2 aromatic rings. The molecule has 2 rings (SSSR count). The van der Waals surface area contributed by atoms with E-state index in [9.17, 15) is 13.5 Å². The number of sulfonamides is 1. The first kappa shape index (κ1) is 13.4. The molecule has 0 atom stereocenters. The summed E-state index contributed by atoms with van der Waals surface area (Å²) < 4.78 is 26.5. The Bertz CT molecular complexity index is 670. The monoisotopic (exact) mass is 278 g/mol. The maximum atomic E-state index is 12.1. The number of nitrogens with zero attached hydrogens (tertiary/aromatic N) is 1.